The van der Waals surface area contributed by atoms with Gasteiger partial charge in [0.2, 0.25) is 0 Å². The number of carbonyl (C=O) groups is 1. The predicted octanol–water partition coefficient (Wildman–Crippen LogP) is 2.58. The van der Waals surface area contributed by atoms with Crippen LogP contribution >= 0.6 is 0 Å². The Hall–Kier alpha value is -1.56. The summed E-state index contributed by atoms with van der Waals surface area (Å²) in [7, 11) is 1.90. The number of nitrogens with one attached hydrogen (secondary N) is 2. The van der Waals surface area contributed by atoms with Gasteiger partial charge < -0.3 is 15.7 Å². The highest BCUT2D eigenvalue weighted by Gasteiger charge is 2.28. The van der Waals surface area contributed by atoms with Crippen molar-refractivity contribution in [3.8, 4) is 0 Å². The van der Waals surface area contributed by atoms with Crippen LogP contribution in [-0.2, 0) is 7.05 Å². The molecule has 132 valence electrons. The number of nitrogens with zero attached hydrogens (tertiary/aromatic N) is 2. The summed E-state index contributed by atoms with van der Waals surface area (Å²) < 4.78 is 1.83. The Bertz CT molecular complexity index is 537. The standard InChI is InChI=1S/C17H32N4O2/c1-8-11(3)17(6,23)10-18-16(22)19-14(9-2)15-12(4)20-21(7)13(15)5/h11,14,23H,8-10H2,1-7H3,(H2,18,19,22). The fourth-order valence-corrected chi connectivity index (χ4v) is 2.76. The number of aromatic nitrogens is 2. The van der Waals surface area contributed by atoms with E-state index in [9.17, 15) is 9.90 Å². The zero-order valence-corrected chi connectivity index (χ0v) is 15.5. The lowest BCUT2D eigenvalue weighted by molar-refractivity contribution is 0.00783. The van der Waals surface area contributed by atoms with E-state index in [4.69, 9.17) is 0 Å². The first-order valence-electron chi connectivity index (χ1n) is 8.40. The van der Waals surface area contributed by atoms with Gasteiger partial charge in [0.05, 0.1) is 17.3 Å². The third-order valence-electron chi connectivity index (χ3n) is 4.91. The Morgan fingerprint density at radius 1 is 1.35 bits per heavy atom. The zero-order chi connectivity index (χ0) is 17.8. The van der Waals surface area contributed by atoms with Crippen LogP contribution in [0.2, 0.25) is 0 Å². The van der Waals surface area contributed by atoms with Crippen LogP contribution in [0.4, 0.5) is 4.79 Å². The minimum atomic E-state index is -0.909. The molecule has 0 aliphatic rings. The van der Waals surface area contributed by atoms with Gasteiger partial charge in [0.25, 0.3) is 0 Å². The molecule has 1 rings (SSSR count). The lowest BCUT2D eigenvalue weighted by Gasteiger charge is -2.30. The van der Waals surface area contributed by atoms with Crippen LogP contribution < -0.4 is 10.6 Å². The van der Waals surface area contributed by atoms with Crippen LogP contribution in [0.3, 0.4) is 0 Å². The maximum Gasteiger partial charge on any atom is 0.315 e. The van der Waals surface area contributed by atoms with Crippen LogP contribution in [0, 0.1) is 19.8 Å². The Labute approximate surface area is 139 Å². The molecule has 3 N–H and O–H groups in total. The number of aryl methyl sites for hydroxylation is 2. The number of aliphatic hydroxyl groups is 1. The Kier molecular flexibility index (Phi) is 6.62. The summed E-state index contributed by atoms with van der Waals surface area (Å²) in [6.07, 6.45) is 1.64. The van der Waals surface area contributed by atoms with Crippen molar-refractivity contribution in [2.45, 2.75) is 66.0 Å². The van der Waals surface area contributed by atoms with Gasteiger partial charge in [0.1, 0.15) is 0 Å². The first-order chi connectivity index (χ1) is 10.6. The molecule has 0 spiro atoms. The number of amides is 2. The second kappa shape index (κ2) is 7.81. The van der Waals surface area contributed by atoms with Gasteiger partial charge in [-0.15, -0.1) is 0 Å². The fraction of sp³-hybridized carbons (Fsp3) is 0.765. The molecule has 1 aromatic rings. The zero-order valence-electron chi connectivity index (χ0n) is 15.5. The number of rotatable bonds is 7. The van der Waals surface area contributed by atoms with E-state index in [-0.39, 0.29) is 24.5 Å². The maximum atomic E-state index is 12.2. The Morgan fingerprint density at radius 3 is 2.39 bits per heavy atom. The van der Waals surface area contributed by atoms with E-state index < -0.39 is 5.60 Å². The molecule has 2 amide bonds. The number of carbonyl (C=O) groups excluding carboxylic acids is 1. The van der Waals surface area contributed by atoms with Gasteiger partial charge in [-0.1, -0.05) is 27.2 Å². The molecule has 6 nitrogen and oxygen atoms in total. The van der Waals surface area contributed by atoms with Crippen molar-refractivity contribution in [1.29, 1.82) is 0 Å². The molecule has 0 aliphatic carbocycles. The number of urea groups is 1. The third kappa shape index (κ3) is 4.70. The second-order valence-corrected chi connectivity index (χ2v) is 6.66. The highest BCUT2D eigenvalue weighted by atomic mass is 16.3. The quantitative estimate of drug-likeness (QED) is 0.721. The van der Waals surface area contributed by atoms with Crippen LogP contribution in [-0.4, -0.2) is 33.1 Å². The van der Waals surface area contributed by atoms with Crippen LogP contribution in [0.25, 0.3) is 0 Å². The van der Waals surface area contributed by atoms with Gasteiger partial charge in [-0.2, -0.15) is 5.10 Å². The third-order valence-corrected chi connectivity index (χ3v) is 4.91. The van der Waals surface area contributed by atoms with Crippen LogP contribution in [0.1, 0.15) is 63.5 Å². The second-order valence-electron chi connectivity index (χ2n) is 6.66. The van der Waals surface area contributed by atoms with Gasteiger partial charge >= 0.3 is 6.03 Å². The molecule has 0 aliphatic heterocycles. The fourth-order valence-electron chi connectivity index (χ4n) is 2.76. The van der Waals surface area contributed by atoms with E-state index in [2.05, 4.69) is 15.7 Å². The molecular formula is C17H32N4O2. The van der Waals surface area contributed by atoms with Gasteiger partial charge in [0.15, 0.2) is 0 Å². The van der Waals surface area contributed by atoms with Crippen molar-refractivity contribution in [1.82, 2.24) is 20.4 Å². The molecule has 23 heavy (non-hydrogen) atoms. The highest BCUT2D eigenvalue weighted by Crippen LogP contribution is 2.23. The molecule has 6 heteroatoms. The molecule has 0 fully saturated rings. The van der Waals surface area contributed by atoms with E-state index in [0.29, 0.717) is 0 Å². The van der Waals surface area contributed by atoms with Crippen LogP contribution in [0.5, 0.6) is 0 Å². The summed E-state index contributed by atoms with van der Waals surface area (Å²) in [5.41, 5.74) is 2.15. The summed E-state index contributed by atoms with van der Waals surface area (Å²) >= 11 is 0. The molecule has 0 radical (unpaired) electrons. The highest BCUT2D eigenvalue weighted by molar-refractivity contribution is 5.74. The Morgan fingerprint density at radius 2 is 1.96 bits per heavy atom. The van der Waals surface area contributed by atoms with Gasteiger partial charge in [-0.05, 0) is 33.1 Å². The van der Waals surface area contributed by atoms with Crippen molar-refractivity contribution in [3.63, 3.8) is 0 Å². The first kappa shape index (κ1) is 19.5. The molecule has 0 saturated heterocycles. The lowest BCUT2D eigenvalue weighted by atomic mass is 9.89. The van der Waals surface area contributed by atoms with Crippen molar-refractivity contribution >= 4 is 6.03 Å². The van der Waals surface area contributed by atoms with E-state index in [1.54, 1.807) is 6.92 Å². The van der Waals surface area contributed by atoms with E-state index in [1.807, 2.05) is 46.3 Å². The summed E-state index contributed by atoms with van der Waals surface area (Å²) in [6, 6.07) is -0.347. The Balaban J connectivity index is 2.71. The smallest absolute Gasteiger partial charge is 0.315 e. The topological polar surface area (TPSA) is 79.2 Å². The van der Waals surface area contributed by atoms with Crippen molar-refractivity contribution in [2.75, 3.05) is 6.54 Å². The molecule has 3 unspecified atom stereocenters. The molecule has 0 aromatic carbocycles. The predicted molar refractivity (Wildman–Crippen MR) is 92.3 cm³/mol. The SMILES string of the molecule is CCC(NC(=O)NCC(C)(O)C(C)CC)c1c(C)nn(C)c1C. The normalized spacial score (nSPS) is 16.5. The number of hydrogen-bond donors (Lipinski definition) is 3. The largest absolute Gasteiger partial charge is 0.388 e. The summed E-state index contributed by atoms with van der Waals surface area (Å²) in [4.78, 5) is 12.2. The van der Waals surface area contributed by atoms with Crippen molar-refractivity contribution in [3.05, 3.63) is 17.0 Å². The van der Waals surface area contributed by atoms with Crippen molar-refractivity contribution < 1.29 is 9.90 Å². The molecule has 3 atom stereocenters. The summed E-state index contributed by atoms with van der Waals surface area (Å²) in [5.74, 6) is 0.118. The van der Waals surface area contributed by atoms with Gasteiger partial charge in [-0.25, -0.2) is 4.79 Å². The summed E-state index contributed by atoms with van der Waals surface area (Å²) in [6.45, 7) is 12.0. The monoisotopic (exact) mass is 324 g/mol. The van der Waals surface area contributed by atoms with Crippen molar-refractivity contribution in [2.24, 2.45) is 13.0 Å². The maximum absolute atomic E-state index is 12.2. The molecule has 1 aromatic heterocycles. The molecule has 1 heterocycles. The average Bonchev–Trinajstić information content (AvgIpc) is 2.75. The van der Waals surface area contributed by atoms with E-state index in [0.717, 1.165) is 29.8 Å². The lowest BCUT2D eigenvalue weighted by Crippen LogP contribution is -2.48. The number of hydrogen-bond acceptors (Lipinski definition) is 3. The van der Waals surface area contributed by atoms with E-state index in [1.165, 1.54) is 0 Å². The van der Waals surface area contributed by atoms with Gasteiger partial charge in [0, 0.05) is 24.8 Å². The van der Waals surface area contributed by atoms with Crippen LogP contribution in [0.15, 0.2) is 0 Å². The molecule has 0 saturated carbocycles. The van der Waals surface area contributed by atoms with E-state index >= 15 is 0 Å². The van der Waals surface area contributed by atoms with Gasteiger partial charge in [-0.3, -0.25) is 4.68 Å². The minimum absolute atomic E-state index is 0.0859. The molecular weight excluding hydrogens is 292 g/mol. The first-order valence-corrected chi connectivity index (χ1v) is 8.40. The molecule has 0 bridgehead atoms. The average molecular weight is 324 g/mol. The summed E-state index contributed by atoms with van der Waals surface area (Å²) in [5, 5.41) is 20.6. The minimum Gasteiger partial charge on any atom is -0.388 e.